The van der Waals surface area contributed by atoms with Gasteiger partial charge in [0.1, 0.15) is 29.5 Å². The summed E-state index contributed by atoms with van der Waals surface area (Å²) in [4.78, 5) is 6.84. The van der Waals surface area contributed by atoms with E-state index in [-0.39, 0.29) is 17.9 Å². The van der Waals surface area contributed by atoms with Crippen LogP contribution >= 0.6 is 0 Å². The number of aliphatic imine (C=N–C) groups is 1. The number of nitrogens with zero attached hydrogens (tertiary/aromatic N) is 2. The van der Waals surface area contributed by atoms with Gasteiger partial charge >= 0.3 is 0 Å². The maximum atomic E-state index is 14.3. The summed E-state index contributed by atoms with van der Waals surface area (Å²) >= 11 is 0. The van der Waals surface area contributed by atoms with Gasteiger partial charge in [0.25, 0.3) is 0 Å². The summed E-state index contributed by atoms with van der Waals surface area (Å²) in [5.74, 6) is -0.0576. The lowest BCUT2D eigenvalue weighted by Crippen LogP contribution is -2.52. The molecule has 1 atom stereocenters. The fourth-order valence-electron chi connectivity index (χ4n) is 3.36. The highest BCUT2D eigenvalue weighted by Crippen LogP contribution is 2.25. The molecule has 1 aliphatic heterocycles. The van der Waals surface area contributed by atoms with Crippen molar-refractivity contribution < 1.29 is 13.5 Å². The van der Waals surface area contributed by atoms with E-state index in [9.17, 15) is 8.78 Å². The molecule has 0 spiro atoms. The molecular formula is C22H32F2N4O. The Kier molecular flexibility index (Phi) is 8.64. The van der Waals surface area contributed by atoms with Crippen LogP contribution in [0.4, 0.5) is 14.5 Å². The zero-order valence-corrected chi connectivity index (χ0v) is 17.7. The number of halogens is 2. The highest BCUT2D eigenvalue weighted by Gasteiger charge is 2.31. The number of hydrogen-bond acceptors (Lipinski definition) is 4. The van der Waals surface area contributed by atoms with Crippen LogP contribution < -0.4 is 11.1 Å². The summed E-state index contributed by atoms with van der Waals surface area (Å²) in [7, 11) is 0. The summed E-state index contributed by atoms with van der Waals surface area (Å²) in [5, 5.41) is 3.25. The number of ether oxygens (including phenoxy) is 1. The highest BCUT2D eigenvalue weighted by atomic mass is 19.1. The lowest BCUT2D eigenvalue weighted by Gasteiger charge is -2.42. The van der Waals surface area contributed by atoms with Crippen molar-refractivity contribution in [1.82, 2.24) is 4.90 Å². The van der Waals surface area contributed by atoms with Crippen LogP contribution in [0, 0.1) is 11.6 Å². The second kappa shape index (κ2) is 11.0. The highest BCUT2D eigenvalue weighted by molar-refractivity contribution is 5.99. The van der Waals surface area contributed by atoms with Gasteiger partial charge in [-0.25, -0.2) is 13.8 Å². The molecule has 0 aromatic heterocycles. The van der Waals surface area contributed by atoms with Gasteiger partial charge < -0.3 is 20.7 Å². The molecule has 0 saturated carbocycles. The zero-order chi connectivity index (χ0) is 21.4. The van der Waals surface area contributed by atoms with Crippen LogP contribution in [0.3, 0.4) is 0 Å². The summed E-state index contributed by atoms with van der Waals surface area (Å²) in [6.07, 6.45) is 5.82. The Morgan fingerprint density at radius 3 is 2.55 bits per heavy atom. The van der Waals surface area contributed by atoms with Crippen molar-refractivity contribution in [2.75, 3.05) is 18.5 Å². The zero-order valence-electron chi connectivity index (χ0n) is 17.7. The molecule has 1 fully saturated rings. The smallest absolute Gasteiger partial charge is 0.149 e. The molecule has 1 aromatic rings. The van der Waals surface area contributed by atoms with Crippen LogP contribution in [0.1, 0.15) is 47.0 Å². The van der Waals surface area contributed by atoms with Crippen molar-refractivity contribution in [2.45, 2.75) is 59.2 Å². The van der Waals surface area contributed by atoms with Crippen molar-refractivity contribution in [3.8, 4) is 0 Å². The van der Waals surface area contributed by atoms with Crippen LogP contribution in [-0.4, -0.2) is 36.2 Å². The van der Waals surface area contributed by atoms with E-state index in [0.29, 0.717) is 25.5 Å². The number of allylic oxidation sites excluding steroid dienone is 2. The molecule has 1 aliphatic rings. The van der Waals surface area contributed by atoms with Gasteiger partial charge in [-0.2, -0.15) is 0 Å². The summed E-state index contributed by atoms with van der Waals surface area (Å²) in [6, 6.07) is 3.72. The topological polar surface area (TPSA) is 62.9 Å². The van der Waals surface area contributed by atoms with Crippen molar-refractivity contribution in [3.05, 3.63) is 53.4 Å². The Bertz CT molecular complexity index is 770. The van der Waals surface area contributed by atoms with Crippen LogP contribution in [0.25, 0.3) is 0 Å². The molecule has 1 saturated heterocycles. The SMILES string of the molecule is C\C=C(C)/C(=N\C(N)=C\C)N(C1CCOCC1)C(CC)Nc1ccc(F)cc1F. The molecule has 0 bridgehead atoms. The van der Waals surface area contributed by atoms with Crippen LogP contribution in [0.5, 0.6) is 0 Å². The number of hydrogen-bond donors (Lipinski definition) is 2. The summed E-state index contributed by atoms with van der Waals surface area (Å²) in [5.41, 5.74) is 7.27. The lowest BCUT2D eigenvalue weighted by molar-refractivity contribution is 0.0473. The Hall–Kier alpha value is -2.41. The largest absolute Gasteiger partial charge is 0.384 e. The molecule has 160 valence electrons. The first-order valence-electron chi connectivity index (χ1n) is 10.1. The van der Waals surface area contributed by atoms with E-state index in [1.54, 1.807) is 6.08 Å². The van der Waals surface area contributed by atoms with E-state index in [1.165, 1.54) is 12.1 Å². The predicted molar refractivity (Wildman–Crippen MR) is 115 cm³/mol. The molecule has 0 aliphatic carbocycles. The van der Waals surface area contributed by atoms with Crippen molar-refractivity contribution >= 4 is 11.5 Å². The van der Waals surface area contributed by atoms with E-state index in [4.69, 9.17) is 10.5 Å². The standard InChI is InChI=1S/C22H32F2N4O/c1-5-15(4)22(27-20(25)6-2)28(17-10-12-29-13-11-17)21(7-3)26-19-9-8-16(23)14-18(19)24/h5-6,8-9,14,17,21,26H,7,10-13,25H2,1-4H3/b15-5-,20-6+,27-22+. The van der Waals surface area contributed by atoms with Gasteiger partial charge in [0.2, 0.25) is 0 Å². The molecule has 0 amide bonds. The van der Waals surface area contributed by atoms with Gasteiger partial charge in [-0.15, -0.1) is 0 Å². The maximum Gasteiger partial charge on any atom is 0.149 e. The third-order valence-corrected chi connectivity index (χ3v) is 5.12. The maximum absolute atomic E-state index is 14.3. The van der Waals surface area contributed by atoms with Crippen LogP contribution in [0.15, 0.2) is 46.7 Å². The normalized spacial score (nSPS) is 17.9. The van der Waals surface area contributed by atoms with E-state index in [1.807, 2.05) is 33.8 Å². The monoisotopic (exact) mass is 406 g/mol. The molecule has 0 radical (unpaired) electrons. The van der Waals surface area contributed by atoms with Gasteiger partial charge in [-0.1, -0.05) is 13.0 Å². The van der Waals surface area contributed by atoms with E-state index >= 15 is 0 Å². The Morgan fingerprint density at radius 2 is 2.00 bits per heavy atom. The molecule has 1 aromatic carbocycles. The fourth-order valence-corrected chi connectivity index (χ4v) is 3.36. The summed E-state index contributed by atoms with van der Waals surface area (Å²) in [6.45, 7) is 9.11. The first-order valence-corrected chi connectivity index (χ1v) is 10.1. The number of anilines is 1. The molecule has 2 rings (SSSR count). The van der Waals surface area contributed by atoms with Crippen LogP contribution in [-0.2, 0) is 4.74 Å². The second-order valence-electron chi connectivity index (χ2n) is 7.06. The Labute approximate surface area is 172 Å². The average Bonchev–Trinajstić information content (AvgIpc) is 2.73. The van der Waals surface area contributed by atoms with E-state index in [0.717, 1.165) is 30.3 Å². The first kappa shape index (κ1) is 22.9. The van der Waals surface area contributed by atoms with Crippen molar-refractivity contribution in [2.24, 2.45) is 10.7 Å². The number of amidine groups is 1. The number of nitrogens with two attached hydrogens (primary N) is 1. The third-order valence-electron chi connectivity index (χ3n) is 5.12. The van der Waals surface area contributed by atoms with Gasteiger partial charge in [0.15, 0.2) is 0 Å². The van der Waals surface area contributed by atoms with Gasteiger partial charge in [0.05, 0.1) is 5.69 Å². The Morgan fingerprint density at radius 1 is 1.31 bits per heavy atom. The van der Waals surface area contributed by atoms with Crippen LogP contribution in [0.2, 0.25) is 0 Å². The minimum absolute atomic E-state index is 0.156. The summed E-state index contributed by atoms with van der Waals surface area (Å²) < 4.78 is 33.2. The minimum Gasteiger partial charge on any atom is -0.384 e. The quantitative estimate of drug-likeness (QED) is 0.389. The molecule has 3 N–H and O–H groups in total. The van der Waals surface area contributed by atoms with E-state index < -0.39 is 11.6 Å². The van der Waals surface area contributed by atoms with Gasteiger partial charge in [-0.3, -0.25) is 0 Å². The average molecular weight is 407 g/mol. The number of rotatable bonds is 7. The lowest BCUT2D eigenvalue weighted by atomic mass is 10.0. The Balaban J connectivity index is 2.49. The van der Waals surface area contributed by atoms with Crippen molar-refractivity contribution in [1.29, 1.82) is 0 Å². The van der Waals surface area contributed by atoms with Gasteiger partial charge in [0, 0.05) is 25.3 Å². The van der Waals surface area contributed by atoms with E-state index in [2.05, 4.69) is 15.2 Å². The molecule has 5 nitrogen and oxygen atoms in total. The second-order valence-corrected chi connectivity index (χ2v) is 7.06. The first-order chi connectivity index (χ1) is 13.9. The molecule has 7 heteroatoms. The molecular weight excluding hydrogens is 374 g/mol. The molecule has 1 heterocycles. The van der Waals surface area contributed by atoms with Crippen molar-refractivity contribution in [3.63, 3.8) is 0 Å². The number of nitrogens with one attached hydrogen (secondary N) is 1. The number of benzene rings is 1. The molecule has 1 unspecified atom stereocenters. The predicted octanol–water partition coefficient (Wildman–Crippen LogP) is 4.78. The van der Waals surface area contributed by atoms with Gasteiger partial charge in [-0.05, 0) is 63.8 Å². The minimum atomic E-state index is -0.621. The third kappa shape index (κ3) is 6.03. The molecule has 29 heavy (non-hydrogen) atoms. The fraction of sp³-hybridized carbons (Fsp3) is 0.500.